The third-order valence-corrected chi connectivity index (χ3v) is 7.26. The van der Waals surface area contributed by atoms with Crippen LogP contribution in [0.1, 0.15) is 35.2 Å². The Morgan fingerprint density at radius 3 is 2.53 bits per heavy atom. The molecule has 5 rings (SSSR count). The first-order valence-electron chi connectivity index (χ1n) is 11.7. The van der Waals surface area contributed by atoms with Crippen LogP contribution in [0.25, 0.3) is 0 Å². The van der Waals surface area contributed by atoms with Gasteiger partial charge in [0.15, 0.2) is 0 Å². The number of allylic oxidation sites excluding steroid dienone is 1. The topological polar surface area (TPSA) is 92.1 Å². The van der Waals surface area contributed by atoms with Crippen LogP contribution < -0.4 is 10.6 Å². The molecule has 1 unspecified atom stereocenters. The molecule has 3 N–H and O–H groups in total. The van der Waals surface area contributed by atoms with Gasteiger partial charge >= 0.3 is 0 Å². The molecule has 1 aromatic heterocycles. The number of hydrogen-bond donors (Lipinski definition) is 3. The number of aryl methyl sites for hydroxylation is 1. The van der Waals surface area contributed by atoms with Gasteiger partial charge < -0.3 is 15.7 Å². The molecule has 8 heteroatoms. The van der Waals surface area contributed by atoms with Crippen molar-refractivity contribution < 1.29 is 9.90 Å². The van der Waals surface area contributed by atoms with Gasteiger partial charge in [-0.2, -0.15) is 4.98 Å². The van der Waals surface area contributed by atoms with Gasteiger partial charge in [0.05, 0.1) is 5.57 Å². The Morgan fingerprint density at radius 2 is 1.78 bits per heavy atom. The molecule has 0 bridgehead atoms. The Morgan fingerprint density at radius 1 is 1.03 bits per heavy atom. The number of nitrogens with zero attached hydrogens (tertiary/aromatic N) is 3. The van der Waals surface area contributed by atoms with E-state index in [-0.39, 0.29) is 11.7 Å². The smallest absolute Gasteiger partial charge is 0.255 e. The van der Waals surface area contributed by atoms with E-state index in [4.69, 9.17) is 10.1 Å². The number of anilines is 2. The lowest BCUT2D eigenvalue weighted by Crippen LogP contribution is -2.31. The first kappa shape index (κ1) is 23.7. The lowest BCUT2D eigenvalue weighted by molar-refractivity contribution is -0.113. The third kappa shape index (κ3) is 4.72. The Labute approximate surface area is 214 Å². The maximum atomic E-state index is 13.7. The minimum absolute atomic E-state index is 0.160. The van der Waals surface area contributed by atoms with E-state index in [1.807, 2.05) is 69.3 Å². The maximum absolute atomic E-state index is 13.7. The van der Waals surface area contributed by atoms with Crippen LogP contribution >= 0.6 is 11.8 Å². The van der Waals surface area contributed by atoms with Crippen molar-refractivity contribution in [3.63, 3.8) is 0 Å². The molecule has 1 atom stereocenters. The normalized spacial score (nSPS) is 14.8. The van der Waals surface area contributed by atoms with Crippen molar-refractivity contribution in [2.45, 2.75) is 37.7 Å². The Balaban J connectivity index is 1.50. The van der Waals surface area contributed by atoms with Crippen molar-refractivity contribution in [1.29, 1.82) is 0 Å². The standard InChI is InChI=1S/C28H27N5O2S/c1-17-8-7-11-23(18(17)2)30-26(35)24-19(3)29-27-31-28(36-16-20-9-5-4-6-10-20)32-33(27)25(24)21-12-14-22(34)15-13-21/h4-15,25,34H,16H2,1-3H3,(H,30,35)(H,29,31,32). The Bertz CT molecular complexity index is 1440. The molecule has 3 aromatic carbocycles. The van der Waals surface area contributed by atoms with E-state index in [0.717, 1.165) is 28.1 Å². The molecular weight excluding hydrogens is 470 g/mol. The predicted octanol–water partition coefficient (Wildman–Crippen LogP) is 5.82. The van der Waals surface area contributed by atoms with Crippen LogP contribution in [0.2, 0.25) is 0 Å². The summed E-state index contributed by atoms with van der Waals surface area (Å²) in [6.45, 7) is 5.89. The number of aromatic nitrogens is 3. The highest BCUT2D eigenvalue weighted by Gasteiger charge is 2.34. The number of amides is 1. The van der Waals surface area contributed by atoms with Crippen LogP contribution in [0.3, 0.4) is 0 Å². The zero-order chi connectivity index (χ0) is 25.2. The molecule has 1 aliphatic heterocycles. The number of nitrogens with one attached hydrogen (secondary N) is 2. The molecule has 1 aliphatic rings. The van der Waals surface area contributed by atoms with Crippen LogP contribution in [-0.2, 0) is 10.5 Å². The fourth-order valence-electron chi connectivity index (χ4n) is 4.25. The second kappa shape index (κ2) is 9.91. The van der Waals surface area contributed by atoms with Gasteiger partial charge in [-0.15, -0.1) is 5.10 Å². The molecule has 7 nitrogen and oxygen atoms in total. The summed E-state index contributed by atoms with van der Waals surface area (Å²) in [5.41, 5.74) is 6.15. The van der Waals surface area contributed by atoms with Crippen LogP contribution in [0.4, 0.5) is 11.6 Å². The van der Waals surface area contributed by atoms with Crippen molar-refractivity contribution in [3.8, 4) is 5.75 Å². The van der Waals surface area contributed by atoms with Gasteiger partial charge in [-0.25, -0.2) is 4.68 Å². The summed E-state index contributed by atoms with van der Waals surface area (Å²) < 4.78 is 1.75. The molecule has 2 heterocycles. The van der Waals surface area contributed by atoms with Gasteiger partial charge in [0.25, 0.3) is 5.91 Å². The molecule has 0 radical (unpaired) electrons. The molecular formula is C28H27N5O2S. The van der Waals surface area contributed by atoms with Gasteiger partial charge in [0.1, 0.15) is 11.8 Å². The fraction of sp³-hybridized carbons (Fsp3) is 0.179. The number of aromatic hydroxyl groups is 1. The van der Waals surface area contributed by atoms with E-state index in [1.165, 1.54) is 5.56 Å². The van der Waals surface area contributed by atoms with Gasteiger partial charge in [0.2, 0.25) is 11.1 Å². The van der Waals surface area contributed by atoms with E-state index >= 15 is 0 Å². The van der Waals surface area contributed by atoms with E-state index in [9.17, 15) is 9.90 Å². The van der Waals surface area contributed by atoms with E-state index in [1.54, 1.807) is 28.6 Å². The highest BCUT2D eigenvalue weighted by atomic mass is 32.2. The third-order valence-electron chi connectivity index (χ3n) is 6.35. The van der Waals surface area contributed by atoms with Crippen LogP contribution in [0.15, 0.2) is 89.2 Å². The number of rotatable bonds is 6. The van der Waals surface area contributed by atoms with Crippen molar-refractivity contribution in [2.24, 2.45) is 0 Å². The van der Waals surface area contributed by atoms with Gasteiger partial charge in [-0.3, -0.25) is 4.79 Å². The fourth-order valence-corrected chi connectivity index (χ4v) is 5.03. The van der Waals surface area contributed by atoms with Crippen molar-refractivity contribution >= 4 is 29.3 Å². The second-order valence-electron chi connectivity index (χ2n) is 8.80. The molecule has 4 aromatic rings. The lowest BCUT2D eigenvalue weighted by atomic mass is 9.94. The van der Waals surface area contributed by atoms with Crippen LogP contribution in [-0.4, -0.2) is 25.8 Å². The summed E-state index contributed by atoms with van der Waals surface area (Å²) in [4.78, 5) is 18.4. The zero-order valence-corrected chi connectivity index (χ0v) is 21.1. The summed E-state index contributed by atoms with van der Waals surface area (Å²) in [7, 11) is 0. The predicted molar refractivity (Wildman–Crippen MR) is 143 cm³/mol. The summed E-state index contributed by atoms with van der Waals surface area (Å²) >= 11 is 1.54. The number of hydrogen-bond acceptors (Lipinski definition) is 6. The average Bonchev–Trinajstić information content (AvgIpc) is 3.28. The largest absolute Gasteiger partial charge is 0.508 e. The summed E-state index contributed by atoms with van der Waals surface area (Å²) in [5, 5.41) is 21.6. The molecule has 0 fully saturated rings. The monoisotopic (exact) mass is 497 g/mol. The minimum atomic E-state index is -0.509. The first-order valence-corrected chi connectivity index (χ1v) is 12.7. The van der Waals surface area contributed by atoms with Gasteiger partial charge in [-0.05, 0) is 61.2 Å². The number of fused-ring (bicyclic) bond motifs is 1. The molecule has 182 valence electrons. The quantitative estimate of drug-likeness (QED) is 0.291. The molecule has 36 heavy (non-hydrogen) atoms. The number of carbonyl (C=O) groups excluding carboxylic acids is 1. The second-order valence-corrected chi connectivity index (χ2v) is 9.74. The van der Waals surface area contributed by atoms with E-state index < -0.39 is 6.04 Å². The van der Waals surface area contributed by atoms with Gasteiger partial charge in [-0.1, -0.05) is 66.4 Å². The van der Waals surface area contributed by atoms with Crippen LogP contribution in [0.5, 0.6) is 5.75 Å². The molecule has 0 spiro atoms. The SMILES string of the molecule is CC1=C(C(=O)Nc2cccc(C)c2C)C(c2ccc(O)cc2)n2nc(SCc3ccccc3)nc2N1. The van der Waals surface area contributed by atoms with Crippen molar-refractivity contribution in [1.82, 2.24) is 14.8 Å². The minimum Gasteiger partial charge on any atom is -0.508 e. The summed E-state index contributed by atoms with van der Waals surface area (Å²) in [6, 6.07) is 22.4. The number of carbonyl (C=O) groups is 1. The van der Waals surface area contributed by atoms with E-state index in [0.29, 0.717) is 22.4 Å². The van der Waals surface area contributed by atoms with Crippen molar-refractivity contribution in [3.05, 3.63) is 106 Å². The number of benzene rings is 3. The molecule has 0 aliphatic carbocycles. The Kier molecular flexibility index (Phi) is 6.52. The molecule has 0 saturated heterocycles. The highest BCUT2D eigenvalue weighted by Crippen LogP contribution is 2.37. The first-order chi connectivity index (χ1) is 17.4. The molecule has 0 saturated carbocycles. The number of thioether (sulfide) groups is 1. The van der Waals surface area contributed by atoms with Gasteiger partial charge in [0, 0.05) is 17.1 Å². The highest BCUT2D eigenvalue weighted by molar-refractivity contribution is 7.98. The van der Waals surface area contributed by atoms with Crippen LogP contribution in [0, 0.1) is 13.8 Å². The number of phenolic OH excluding ortho intramolecular Hbond substituents is 1. The lowest BCUT2D eigenvalue weighted by Gasteiger charge is -2.29. The zero-order valence-electron chi connectivity index (χ0n) is 20.3. The summed E-state index contributed by atoms with van der Waals surface area (Å²) in [6.07, 6.45) is 0. The van der Waals surface area contributed by atoms with E-state index in [2.05, 4.69) is 22.8 Å². The molecule has 1 amide bonds. The van der Waals surface area contributed by atoms with Crippen molar-refractivity contribution in [2.75, 3.05) is 10.6 Å². The Hall–Kier alpha value is -4.04. The average molecular weight is 498 g/mol. The number of phenols is 1. The summed E-state index contributed by atoms with van der Waals surface area (Å²) in [5.74, 6) is 1.25. The maximum Gasteiger partial charge on any atom is 0.255 e.